The maximum Gasteiger partial charge on any atom is 0.346 e. The van der Waals surface area contributed by atoms with Crippen molar-refractivity contribution in [2.45, 2.75) is 33.5 Å². The van der Waals surface area contributed by atoms with Gasteiger partial charge in [-0.1, -0.05) is 60.1 Å². The Morgan fingerprint density at radius 2 is 1.88 bits per heavy atom. The smallest absolute Gasteiger partial charge is 0.346 e. The van der Waals surface area contributed by atoms with Gasteiger partial charge in [-0.3, -0.25) is 4.79 Å². The van der Waals surface area contributed by atoms with Crippen LogP contribution in [-0.4, -0.2) is 18.9 Å². The highest BCUT2D eigenvalue weighted by molar-refractivity contribution is 9.10. The zero-order chi connectivity index (χ0) is 24.2. The highest BCUT2D eigenvalue weighted by Crippen LogP contribution is 2.44. The number of Topliss-reactive ketones (excluding diaryl/α,β-unsaturated/α-hetero) is 1. The van der Waals surface area contributed by atoms with Crippen LogP contribution in [0.2, 0.25) is 0 Å². The van der Waals surface area contributed by atoms with Crippen LogP contribution in [0.25, 0.3) is 0 Å². The lowest BCUT2D eigenvalue weighted by Gasteiger charge is -2.23. The molecule has 3 aromatic carbocycles. The molecule has 7 heteroatoms. The van der Waals surface area contributed by atoms with E-state index >= 15 is 0 Å². The van der Waals surface area contributed by atoms with E-state index in [1.165, 1.54) is 7.11 Å². The molecule has 0 N–H and O–H groups in total. The van der Waals surface area contributed by atoms with Gasteiger partial charge in [0.15, 0.2) is 17.3 Å². The Kier molecular flexibility index (Phi) is 7.22. The maximum absolute atomic E-state index is 13.0. The lowest BCUT2D eigenvalue weighted by atomic mass is 9.97. The van der Waals surface area contributed by atoms with Crippen molar-refractivity contribution in [2.24, 2.45) is 5.92 Å². The fraction of sp³-hybridized carbons (Fsp3) is 0.259. The molecule has 0 saturated heterocycles. The van der Waals surface area contributed by atoms with Gasteiger partial charge in [-0.15, -0.1) is 0 Å². The van der Waals surface area contributed by atoms with Crippen molar-refractivity contribution in [1.82, 2.24) is 0 Å². The summed E-state index contributed by atoms with van der Waals surface area (Å²) in [5.74, 6) is 0.754. The normalized spacial score (nSPS) is 12.6. The fourth-order valence-electron chi connectivity index (χ4n) is 3.77. The molecule has 34 heavy (non-hydrogen) atoms. The predicted octanol–water partition coefficient (Wildman–Crippen LogP) is 6.73. The van der Waals surface area contributed by atoms with E-state index < -0.39 is 5.97 Å². The summed E-state index contributed by atoms with van der Waals surface area (Å²) >= 11 is 3.49. The van der Waals surface area contributed by atoms with Crippen molar-refractivity contribution in [3.8, 4) is 23.0 Å². The zero-order valence-electron chi connectivity index (χ0n) is 19.2. The summed E-state index contributed by atoms with van der Waals surface area (Å²) in [5, 5.41) is 0. The second kappa shape index (κ2) is 10.3. The van der Waals surface area contributed by atoms with Crippen LogP contribution in [-0.2, 0) is 18.0 Å². The van der Waals surface area contributed by atoms with Crippen molar-refractivity contribution in [3.63, 3.8) is 0 Å². The van der Waals surface area contributed by atoms with Gasteiger partial charge in [-0.25, -0.2) is 4.79 Å². The minimum atomic E-state index is -0.622. The quantitative estimate of drug-likeness (QED) is 0.252. The van der Waals surface area contributed by atoms with Gasteiger partial charge < -0.3 is 18.9 Å². The van der Waals surface area contributed by atoms with Gasteiger partial charge in [0, 0.05) is 16.5 Å². The van der Waals surface area contributed by atoms with E-state index in [0.29, 0.717) is 35.7 Å². The van der Waals surface area contributed by atoms with Crippen LogP contribution in [0.1, 0.15) is 52.1 Å². The molecule has 0 amide bonds. The summed E-state index contributed by atoms with van der Waals surface area (Å²) < 4.78 is 24.2. The Balaban J connectivity index is 1.75. The van der Waals surface area contributed by atoms with E-state index in [-0.39, 0.29) is 35.4 Å². The zero-order valence-corrected chi connectivity index (χ0v) is 20.8. The van der Waals surface area contributed by atoms with Gasteiger partial charge in [-0.2, -0.15) is 0 Å². The van der Waals surface area contributed by atoms with Crippen molar-refractivity contribution in [3.05, 3.63) is 81.3 Å². The molecule has 6 nitrogen and oxygen atoms in total. The minimum Gasteiger partial charge on any atom is -0.495 e. The lowest BCUT2D eigenvalue weighted by Crippen LogP contribution is -2.15. The number of carbonyl (C=O) groups is 2. The number of rotatable bonds is 7. The fourth-order valence-corrected chi connectivity index (χ4v) is 4.25. The molecule has 0 bridgehead atoms. The molecule has 1 aliphatic heterocycles. The van der Waals surface area contributed by atoms with Gasteiger partial charge in [0.05, 0.1) is 12.7 Å². The Labute approximate surface area is 206 Å². The third-order valence-corrected chi connectivity index (χ3v) is 5.78. The molecule has 4 rings (SSSR count). The summed E-state index contributed by atoms with van der Waals surface area (Å²) in [6, 6.07) is 16.6. The molecule has 1 heterocycles. The van der Waals surface area contributed by atoms with E-state index in [2.05, 4.69) is 15.9 Å². The third kappa shape index (κ3) is 5.09. The van der Waals surface area contributed by atoms with Crippen molar-refractivity contribution < 1.29 is 28.5 Å². The Morgan fingerprint density at radius 3 is 2.59 bits per heavy atom. The van der Waals surface area contributed by atoms with E-state index in [1.807, 2.05) is 56.3 Å². The number of ketones is 1. The molecule has 0 saturated carbocycles. The van der Waals surface area contributed by atoms with Crippen LogP contribution in [0, 0.1) is 5.92 Å². The average molecular weight is 525 g/mol. The number of benzene rings is 3. The molecule has 0 aliphatic carbocycles. The number of hydrogen-bond donors (Lipinski definition) is 0. The SMILES string of the molecule is COc1c(C(=O)CC(C)C)ccc2c1C(=O)OCc1cc(Br)cc(OCc3ccccc3)c1O2. The summed E-state index contributed by atoms with van der Waals surface area (Å²) in [7, 11) is 1.42. The molecular formula is C27H25BrO6. The molecule has 0 radical (unpaired) electrons. The summed E-state index contributed by atoms with van der Waals surface area (Å²) in [6.07, 6.45) is 0.333. The van der Waals surface area contributed by atoms with Crippen LogP contribution in [0.4, 0.5) is 0 Å². The number of hydrogen-bond acceptors (Lipinski definition) is 6. The topological polar surface area (TPSA) is 71.1 Å². The average Bonchev–Trinajstić information content (AvgIpc) is 2.81. The molecule has 176 valence electrons. The van der Waals surface area contributed by atoms with E-state index in [9.17, 15) is 9.59 Å². The Bertz CT molecular complexity index is 1220. The molecule has 3 aromatic rings. The van der Waals surface area contributed by atoms with Crippen LogP contribution in [0.15, 0.2) is 59.1 Å². The minimum absolute atomic E-state index is 0.0257. The van der Waals surface area contributed by atoms with Gasteiger partial charge in [0.1, 0.15) is 30.3 Å². The second-order valence-electron chi connectivity index (χ2n) is 8.39. The largest absolute Gasteiger partial charge is 0.495 e. The van der Waals surface area contributed by atoms with E-state index in [1.54, 1.807) is 12.1 Å². The first-order chi connectivity index (χ1) is 16.4. The summed E-state index contributed by atoms with van der Waals surface area (Å²) in [5.41, 5.74) is 2.06. The van der Waals surface area contributed by atoms with Gasteiger partial charge in [0.2, 0.25) is 0 Å². The standard InChI is InChI=1S/C27H25BrO6/c1-16(2)11-21(29)20-9-10-22-24(26(20)31-3)27(30)33-15-18-12-19(28)13-23(25(18)34-22)32-14-17-7-5-4-6-8-17/h4-10,12-13,16H,11,14-15H2,1-3H3. The van der Waals surface area contributed by atoms with Crippen LogP contribution >= 0.6 is 15.9 Å². The second-order valence-corrected chi connectivity index (χ2v) is 9.30. The first-order valence-electron chi connectivity index (χ1n) is 11.0. The number of esters is 1. The number of methoxy groups -OCH3 is 1. The third-order valence-electron chi connectivity index (χ3n) is 5.33. The Morgan fingerprint density at radius 1 is 1.12 bits per heavy atom. The first-order valence-corrected chi connectivity index (χ1v) is 11.7. The van der Waals surface area contributed by atoms with Crippen molar-refractivity contribution in [1.29, 1.82) is 0 Å². The maximum atomic E-state index is 13.0. The lowest BCUT2D eigenvalue weighted by molar-refractivity contribution is 0.0454. The van der Waals surface area contributed by atoms with Crippen LogP contribution < -0.4 is 14.2 Å². The van der Waals surface area contributed by atoms with Gasteiger partial charge in [-0.05, 0) is 35.7 Å². The molecule has 0 aromatic heterocycles. The first kappa shape index (κ1) is 23.8. The van der Waals surface area contributed by atoms with E-state index in [4.69, 9.17) is 18.9 Å². The predicted molar refractivity (Wildman–Crippen MR) is 131 cm³/mol. The number of fused-ring (bicyclic) bond motifs is 2. The Hall–Kier alpha value is -3.32. The molecule has 1 aliphatic rings. The molecule has 0 unspecified atom stereocenters. The van der Waals surface area contributed by atoms with E-state index in [0.717, 1.165) is 10.0 Å². The summed E-state index contributed by atoms with van der Waals surface area (Å²) in [6.45, 7) is 4.23. The molecular weight excluding hydrogens is 500 g/mol. The number of cyclic esters (lactones) is 1. The number of ether oxygens (including phenoxy) is 4. The van der Waals surface area contributed by atoms with Crippen molar-refractivity contribution in [2.75, 3.05) is 7.11 Å². The summed E-state index contributed by atoms with van der Waals surface area (Å²) in [4.78, 5) is 25.8. The number of halogens is 1. The molecule has 0 fully saturated rings. The number of carbonyl (C=O) groups excluding carboxylic acids is 2. The van der Waals surface area contributed by atoms with Gasteiger partial charge >= 0.3 is 5.97 Å². The molecule has 0 atom stereocenters. The van der Waals surface area contributed by atoms with Crippen LogP contribution in [0.3, 0.4) is 0 Å². The highest BCUT2D eigenvalue weighted by atomic mass is 79.9. The van der Waals surface area contributed by atoms with Crippen LogP contribution in [0.5, 0.6) is 23.0 Å². The monoisotopic (exact) mass is 524 g/mol. The molecule has 0 spiro atoms. The van der Waals surface area contributed by atoms with Gasteiger partial charge in [0.25, 0.3) is 0 Å². The highest BCUT2D eigenvalue weighted by Gasteiger charge is 2.30. The van der Waals surface area contributed by atoms with Crippen molar-refractivity contribution >= 4 is 27.7 Å².